The Morgan fingerprint density at radius 3 is 3.00 bits per heavy atom. The Morgan fingerprint density at radius 2 is 2.35 bits per heavy atom. The first kappa shape index (κ1) is 11.0. The summed E-state index contributed by atoms with van der Waals surface area (Å²) in [6.07, 6.45) is 1.38. The van der Waals surface area contributed by atoms with E-state index >= 15 is 0 Å². The molecule has 3 N–H and O–H groups in total. The molecule has 2 aromatic rings. The summed E-state index contributed by atoms with van der Waals surface area (Å²) < 4.78 is 0. The van der Waals surface area contributed by atoms with Crippen LogP contribution in [-0.2, 0) is 6.54 Å². The molecule has 0 aliphatic heterocycles. The first-order chi connectivity index (χ1) is 8.16. The maximum absolute atomic E-state index is 10.7. The highest BCUT2D eigenvalue weighted by Gasteiger charge is 2.07. The van der Waals surface area contributed by atoms with E-state index in [9.17, 15) is 4.79 Å². The molecule has 2 heterocycles. The molecule has 0 atom stereocenters. The van der Waals surface area contributed by atoms with Crippen LogP contribution in [0.5, 0.6) is 0 Å². The van der Waals surface area contributed by atoms with Gasteiger partial charge in [-0.3, -0.25) is 0 Å². The van der Waals surface area contributed by atoms with Gasteiger partial charge >= 0.3 is 5.97 Å². The Kier molecular flexibility index (Phi) is 2.95. The van der Waals surface area contributed by atoms with Gasteiger partial charge in [0.25, 0.3) is 0 Å². The van der Waals surface area contributed by atoms with Crippen LogP contribution in [0.15, 0.2) is 12.3 Å². The van der Waals surface area contributed by atoms with Crippen LogP contribution in [0.1, 0.15) is 21.9 Å². The first-order valence-corrected chi connectivity index (χ1v) is 4.83. The van der Waals surface area contributed by atoms with Gasteiger partial charge in [-0.2, -0.15) is 15.4 Å². The number of nitrogens with zero attached hydrogens (tertiary/aromatic N) is 4. The predicted molar refractivity (Wildman–Crippen MR) is 57.4 cm³/mol. The van der Waals surface area contributed by atoms with E-state index in [-0.39, 0.29) is 11.6 Å². The summed E-state index contributed by atoms with van der Waals surface area (Å²) in [7, 11) is 0. The molecule has 8 nitrogen and oxygen atoms in total. The van der Waals surface area contributed by atoms with E-state index in [4.69, 9.17) is 5.11 Å². The summed E-state index contributed by atoms with van der Waals surface area (Å²) in [5.41, 5.74) is 1.44. The number of carboxylic acid groups (broad SMARTS) is 1. The summed E-state index contributed by atoms with van der Waals surface area (Å²) in [4.78, 5) is 18.4. The third kappa shape index (κ3) is 2.54. The number of anilines is 1. The van der Waals surface area contributed by atoms with Crippen molar-refractivity contribution in [3.63, 3.8) is 0 Å². The molecule has 0 fully saturated rings. The van der Waals surface area contributed by atoms with Crippen molar-refractivity contribution in [1.82, 2.24) is 25.4 Å². The largest absolute Gasteiger partial charge is 0.477 e. The second-order valence-corrected chi connectivity index (χ2v) is 3.28. The highest BCUT2D eigenvalue weighted by molar-refractivity contribution is 5.85. The average Bonchev–Trinajstić information content (AvgIpc) is 2.72. The first-order valence-electron chi connectivity index (χ1n) is 4.83. The number of aromatic nitrogens is 5. The molecule has 17 heavy (non-hydrogen) atoms. The van der Waals surface area contributed by atoms with Gasteiger partial charge in [0.05, 0.1) is 12.2 Å². The number of hydrogen-bond donors (Lipinski definition) is 3. The molecule has 0 saturated carbocycles. The predicted octanol–water partition coefficient (Wildman–Crippen LogP) is 0.213. The van der Waals surface area contributed by atoms with Crippen molar-refractivity contribution >= 4 is 11.9 Å². The Morgan fingerprint density at radius 1 is 1.53 bits per heavy atom. The number of aryl methyl sites for hydroxylation is 1. The molecule has 0 saturated heterocycles. The van der Waals surface area contributed by atoms with Crippen LogP contribution in [0.2, 0.25) is 0 Å². The minimum atomic E-state index is -1.09. The lowest BCUT2D eigenvalue weighted by molar-refractivity contribution is 0.0690. The number of H-pyrrole nitrogens is 1. The zero-order valence-electron chi connectivity index (χ0n) is 9.01. The van der Waals surface area contributed by atoms with Crippen molar-refractivity contribution < 1.29 is 9.90 Å². The van der Waals surface area contributed by atoms with Crippen molar-refractivity contribution in [2.75, 3.05) is 5.32 Å². The fraction of sp³-hybridized carbons (Fsp3) is 0.222. The molecule has 0 unspecified atom stereocenters. The molecular formula is C9H10N6O2. The molecule has 2 aromatic heterocycles. The summed E-state index contributed by atoms with van der Waals surface area (Å²) in [6.45, 7) is 2.19. The SMILES string of the molecule is Cc1n[nH]nc1CNc1nccc(C(=O)O)n1. The van der Waals surface area contributed by atoms with Crippen molar-refractivity contribution in [2.24, 2.45) is 0 Å². The summed E-state index contributed by atoms with van der Waals surface area (Å²) in [5, 5.41) is 21.9. The van der Waals surface area contributed by atoms with Gasteiger partial charge in [0, 0.05) is 6.20 Å². The number of rotatable bonds is 4. The van der Waals surface area contributed by atoms with Gasteiger partial charge in [-0.15, -0.1) is 0 Å². The smallest absolute Gasteiger partial charge is 0.354 e. The van der Waals surface area contributed by atoms with Crippen LogP contribution in [0.4, 0.5) is 5.95 Å². The van der Waals surface area contributed by atoms with E-state index in [1.807, 2.05) is 6.92 Å². The minimum Gasteiger partial charge on any atom is -0.477 e. The number of carboxylic acids is 1. The quantitative estimate of drug-likeness (QED) is 0.692. The van der Waals surface area contributed by atoms with E-state index in [0.29, 0.717) is 6.54 Å². The van der Waals surface area contributed by atoms with Crippen molar-refractivity contribution in [1.29, 1.82) is 0 Å². The van der Waals surface area contributed by atoms with Gasteiger partial charge in [0.15, 0.2) is 5.69 Å². The van der Waals surface area contributed by atoms with Gasteiger partial charge in [-0.1, -0.05) is 0 Å². The van der Waals surface area contributed by atoms with Crippen molar-refractivity contribution in [3.05, 3.63) is 29.3 Å². The lowest BCUT2D eigenvalue weighted by Gasteiger charge is -2.02. The summed E-state index contributed by atoms with van der Waals surface area (Å²) in [5.74, 6) is -0.847. The maximum atomic E-state index is 10.7. The van der Waals surface area contributed by atoms with Crippen LogP contribution >= 0.6 is 0 Å². The average molecular weight is 234 g/mol. The summed E-state index contributed by atoms with van der Waals surface area (Å²) >= 11 is 0. The highest BCUT2D eigenvalue weighted by atomic mass is 16.4. The number of carbonyl (C=O) groups is 1. The molecule has 0 aliphatic carbocycles. The van der Waals surface area contributed by atoms with E-state index < -0.39 is 5.97 Å². The maximum Gasteiger partial charge on any atom is 0.354 e. The topological polar surface area (TPSA) is 117 Å². The minimum absolute atomic E-state index is 0.0561. The normalized spacial score (nSPS) is 10.2. The molecule has 0 aromatic carbocycles. The number of hydrogen-bond acceptors (Lipinski definition) is 6. The molecule has 2 rings (SSSR count). The van der Waals surface area contributed by atoms with Gasteiger partial charge in [0.2, 0.25) is 5.95 Å². The summed E-state index contributed by atoms with van der Waals surface area (Å²) in [6, 6.07) is 1.33. The lowest BCUT2D eigenvalue weighted by atomic mass is 10.3. The monoisotopic (exact) mass is 234 g/mol. The standard InChI is InChI=1S/C9H10N6O2/c1-5-7(14-15-13-5)4-11-9-10-3-2-6(12-9)8(16)17/h2-3H,4H2,1H3,(H,16,17)(H,10,11,12)(H,13,14,15). The molecule has 0 radical (unpaired) electrons. The second kappa shape index (κ2) is 4.56. The van der Waals surface area contributed by atoms with Crippen LogP contribution in [0, 0.1) is 6.92 Å². The molecule has 0 aliphatic rings. The van der Waals surface area contributed by atoms with E-state index in [1.54, 1.807) is 0 Å². The zero-order valence-corrected chi connectivity index (χ0v) is 9.01. The zero-order chi connectivity index (χ0) is 12.3. The fourth-order valence-electron chi connectivity index (χ4n) is 1.20. The van der Waals surface area contributed by atoms with Gasteiger partial charge in [0.1, 0.15) is 5.69 Å². The molecule has 0 spiro atoms. The molecule has 0 bridgehead atoms. The highest BCUT2D eigenvalue weighted by Crippen LogP contribution is 2.04. The number of aromatic amines is 1. The van der Waals surface area contributed by atoms with E-state index in [2.05, 4.69) is 30.7 Å². The van der Waals surface area contributed by atoms with Crippen LogP contribution < -0.4 is 5.32 Å². The Hall–Kier alpha value is -2.51. The Bertz CT molecular complexity index is 538. The van der Waals surface area contributed by atoms with E-state index in [0.717, 1.165) is 11.4 Å². The Labute approximate surface area is 96.1 Å². The van der Waals surface area contributed by atoms with Gasteiger partial charge in [-0.05, 0) is 13.0 Å². The fourth-order valence-corrected chi connectivity index (χ4v) is 1.20. The second-order valence-electron chi connectivity index (χ2n) is 3.28. The molecule has 0 amide bonds. The van der Waals surface area contributed by atoms with Gasteiger partial charge < -0.3 is 10.4 Å². The van der Waals surface area contributed by atoms with E-state index in [1.165, 1.54) is 12.3 Å². The third-order valence-corrected chi connectivity index (χ3v) is 2.11. The Balaban J connectivity index is 2.07. The molecular weight excluding hydrogens is 224 g/mol. The third-order valence-electron chi connectivity index (χ3n) is 2.11. The van der Waals surface area contributed by atoms with Crippen LogP contribution in [0.25, 0.3) is 0 Å². The lowest BCUT2D eigenvalue weighted by Crippen LogP contribution is -2.08. The van der Waals surface area contributed by atoms with Gasteiger partial charge in [-0.25, -0.2) is 14.8 Å². The number of nitrogens with one attached hydrogen (secondary N) is 2. The van der Waals surface area contributed by atoms with Crippen LogP contribution in [-0.4, -0.2) is 36.5 Å². The molecule has 88 valence electrons. The molecule has 8 heteroatoms. The number of aromatic carboxylic acids is 1. The van der Waals surface area contributed by atoms with Crippen LogP contribution in [0.3, 0.4) is 0 Å². The van der Waals surface area contributed by atoms with Crippen molar-refractivity contribution in [2.45, 2.75) is 13.5 Å². The van der Waals surface area contributed by atoms with Crippen molar-refractivity contribution in [3.8, 4) is 0 Å².